The first-order chi connectivity index (χ1) is 9.67. The number of nitrogens with two attached hydrogens (primary N) is 1. The molecule has 1 unspecified atom stereocenters. The van der Waals surface area contributed by atoms with Gasteiger partial charge in [0.15, 0.2) is 0 Å². The number of H-pyrrole nitrogens is 1. The van der Waals surface area contributed by atoms with Gasteiger partial charge in [0.2, 0.25) is 0 Å². The van der Waals surface area contributed by atoms with Crippen molar-refractivity contribution in [1.29, 1.82) is 0 Å². The molecule has 0 saturated heterocycles. The van der Waals surface area contributed by atoms with Crippen molar-refractivity contribution in [2.75, 3.05) is 6.54 Å². The number of imidazole rings is 1. The van der Waals surface area contributed by atoms with Crippen molar-refractivity contribution in [3.05, 3.63) is 54.0 Å². The summed E-state index contributed by atoms with van der Waals surface area (Å²) in [5.41, 5.74) is 8.61. The highest BCUT2D eigenvalue weighted by atomic mass is 16.3. The highest BCUT2D eigenvalue weighted by Crippen LogP contribution is 2.24. The Morgan fingerprint density at radius 3 is 2.75 bits per heavy atom. The number of rotatable bonds is 3. The maximum absolute atomic E-state index is 9.67. The smallest absolute Gasteiger partial charge is 0.136 e. The monoisotopic (exact) mass is 267 g/mol. The minimum atomic E-state index is -0.744. The van der Waals surface area contributed by atoms with E-state index >= 15 is 0 Å². The number of nitrogens with zero attached hydrogens (tertiary/aromatic N) is 1. The summed E-state index contributed by atoms with van der Waals surface area (Å²) >= 11 is 0. The first kappa shape index (κ1) is 12.8. The van der Waals surface area contributed by atoms with Crippen LogP contribution in [0.3, 0.4) is 0 Å². The lowest BCUT2D eigenvalue weighted by atomic mass is 10.0. The summed E-state index contributed by atoms with van der Waals surface area (Å²) in [5.74, 6) is 0.506. The Kier molecular flexibility index (Phi) is 3.26. The highest BCUT2D eigenvalue weighted by molar-refractivity contribution is 5.87. The van der Waals surface area contributed by atoms with Crippen molar-refractivity contribution in [3.63, 3.8) is 0 Å². The number of benzene rings is 2. The quantitative estimate of drug-likeness (QED) is 0.682. The van der Waals surface area contributed by atoms with Crippen molar-refractivity contribution in [1.82, 2.24) is 9.97 Å². The molecule has 0 aliphatic heterocycles. The number of aliphatic hydroxyl groups excluding tert-OH is 1. The van der Waals surface area contributed by atoms with E-state index < -0.39 is 6.10 Å². The maximum atomic E-state index is 9.67. The SMILES string of the molecule is Cc1ccc2cc(-c3cnc(C(O)CN)[nH]3)ccc2c1. The van der Waals surface area contributed by atoms with Crippen LogP contribution < -0.4 is 5.73 Å². The molecule has 0 amide bonds. The van der Waals surface area contributed by atoms with Crippen LogP contribution in [-0.4, -0.2) is 21.6 Å². The molecule has 0 aliphatic rings. The number of aryl methyl sites for hydroxylation is 1. The molecular weight excluding hydrogens is 250 g/mol. The van der Waals surface area contributed by atoms with Crippen LogP contribution in [0.1, 0.15) is 17.5 Å². The Morgan fingerprint density at radius 1 is 1.20 bits per heavy atom. The average Bonchev–Trinajstić information content (AvgIpc) is 2.95. The Bertz CT molecular complexity index is 748. The number of aliphatic hydroxyl groups is 1. The molecule has 4 nitrogen and oxygen atoms in total. The van der Waals surface area contributed by atoms with Gasteiger partial charge in [-0.3, -0.25) is 0 Å². The average molecular weight is 267 g/mol. The molecule has 0 radical (unpaired) electrons. The fourth-order valence-electron chi connectivity index (χ4n) is 2.30. The molecule has 3 rings (SSSR count). The zero-order valence-electron chi connectivity index (χ0n) is 11.3. The fourth-order valence-corrected chi connectivity index (χ4v) is 2.30. The van der Waals surface area contributed by atoms with E-state index in [9.17, 15) is 5.11 Å². The van der Waals surface area contributed by atoms with Crippen LogP contribution in [0.15, 0.2) is 42.6 Å². The summed E-state index contributed by atoms with van der Waals surface area (Å²) in [6.45, 7) is 2.24. The van der Waals surface area contributed by atoms with Crippen molar-refractivity contribution in [2.45, 2.75) is 13.0 Å². The molecular formula is C16H17N3O. The predicted molar refractivity (Wildman–Crippen MR) is 80.3 cm³/mol. The second-order valence-electron chi connectivity index (χ2n) is 5.00. The maximum Gasteiger partial charge on any atom is 0.136 e. The second-order valence-corrected chi connectivity index (χ2v) is 5.00. The first-order valence-corrected chi connectivity index (χ1v) is 6.61. The number of hydrogen-bond acceptors (Lipinski definition) is 3. The van der Waals surface area contributed by atoms with Crippen LogP contribution in [0.25, 0.3) is 22.0 Å². The number of fused-ring (bicyclic) bond motifs is 1. The van der Waals surface area contributed by atoms with Crippen LogP contribution in [-0.2, 0) is 0 Å². The number of hydrogen-bond donors (Lipinski definition) is 3. The molecule has 0 bridgehead atoms. The Labute approximate surface area is 117 Å². The molecule has 1 atom stereocenters. The minimum absolute atomic E-state index is 0.157. The molecule has 0 spiro atoms. The second kappa shape index (κ2) is 5.07. The summed E-state index contributed by atoms with van der Waals surface area (Å²) in [7, 11) is 0. The Balaban J connectivity index is 2.01. The van der Waals surface area contributed by atoms with E-state index in [1.54, 1.807) is 6.20 Å². The van der Waals surface area contributed by atoms with Gasteiger partial charge in [-0.05, 0) is 23.8 Å². The largest absolute Gasteiger partial charge is 0.384 e. The number of aromatic amines is 1. The molecule has 0 aliphatic carbocycles. The Morgan fingerprint density at radius 2 is 1.95 bits per heavy atom. The van der Waals surface area contributed by atoms with Gasteiger partial charge in [-0.15, -0.1) is 0 Å². The molecule has 4 heteroatoms. The van der Waals surface area contributed by atoms with Gasteiger partial charge < -0.3 is 15.8 Å². The van der Waals surface area contributed by atoms with E-state index in [0.717, 1.165) is 11.3 Å². The third kappa shape index (κ3) is 2.31. The standard InChI is InChI=1S/C16H17N3O/c1-10-2-3-12-7-13(5-4-11(12)6-10)14-9-18-16(19-14)15(20)8-17/h2-7,9,15,20H,8,17H2,1H3,(H,18,19). The van der Waals surface area contributed by atoms with Gasteiger partial charge in [0.05, 0.1) is 11.9 Å². The van der Waals surface area contributed by atoms with Crippen LogP contribution >= 0.6 is 0 Å². The molecule has 1 aromatic heterocycles. The van der Waals surface area contributed by atoms with Gasteiger partial charge >= 0.3 is 0 Å². The van der Waals surface area contributed by atoms with E-state index in [1.165, 1.54) is 16.3 Å². The van der Waals surface area contributed by atoms with Crippen LogP contribution in [0.4, 0.5) is 0 Å². The molecule has 4 N–H and O–H groups in total. The van der Waals surface area contributed by atoms with Gasteiger partial charge in [0.25, 0.3) is 0 Å². The summed E-state index contributed by atoms with van der Waals surface area (Å²) in [6, 6.07) is 12.6. The van der Waals surface area contributed by atoms with Gasteiger partial charge in [0, 0.05) is 12.1 Å². The van der Waals surface area contributed by atoms with Crippen molar-refractivity contribution in [3.8, 4) is 11.3 Å². The van der Waals surface area contributed by atoms with Crippen LogP contribution in [0, 0.1) is 6.92 Å². The Hall–Kier alpha value is -2.17. The minimum Gasteiger partial charge on any atom is -0.384 e. The summed E-state index contributed by atoms with van der Waals surface area (Å²) in [4.78, 5) is 7.29. The van der Waals surface area contributed by atoms with E-state index in [2.05, 4.69) is 47.2 Å². The van der Waals surface area contributed by atoms with Gasteiger partial charge in [-0.1, -0.05) is 35.9 Å². The zero-order chi connectivity index (χ0) is 14.1. The number of nitrogens with one attached hydrogen (secondary N) is 1. The topological polar surface area (TPSA) is 74.9 Å². The lowest BCUT2D eigenvalue weighted by molar-refractivity contribution is 0.177. The molecule has 102 valence electrons. The summed E-state index contributed by atoms with van der Waals surface area (Å²) < 4.78 is 0. The van der Waals surface area contributed by atoms with Crippen LogP contribution in [0.2, 0.25) is 0 Å². The van der Waals surface area contributed by atoms with Crippen molar-refractivity contribution in [2.24, 2.45) is 5.73 Å². The lowest BCUT2D eigenvalue weighted by Crippen LogP contribution is -2.12. The highest BCUT2D eigenvalue weighted by Gasteiger charge is 2.10. The predicted octanol–water partition coefficient (Wildman–Crippen LogP) is 2.53. The number of aromatic nitrogens is 2. The molecule has 3 aromatic rings. The van der Waals surface area contributed by atoms with Crippen molar-refractivity contribution >= 4 is 10.8 Å². The molecule has 0 saturated carbocycles. The van der Waals surface area contributed by atoms with Gasteiger partial charge in [-0.25, -0.2) is 4.98 Å². The molecule has 2 aromatic carbocycles. The fraction of sp³-hybridized carbons (Fsp3) is 0.188. The normalized spacial score (nSPS) is 12.8. The van der Waals surface area contributed by atoms with E-state index in [0.29, 0.717) is 5.82 Å². The third-order valence-electron chi connectivity index (χ3n) is 3.44. The van der Waals surface area contributed by atoms with E-state index in [4.69, 9.17) is 5.73 Å². The van der Waals surface area contributed by atoms with Gasteiger partial charge in [0.1, 0.15) is 11.9 Å². The van der Waals surface area contributed by atoms with Crippen molar-refractivity contribution < 1.29 is 5.11 Å². The third-order valence-corrected chi connectivity index (χ3v) is 3.44. The summed E-state index contributed by atoms with van der Waals surface area (Å²) in [6.07, 6.45) is 0.982. The molecule has 0 fully saturated rings. The zero-order valence-corrected chi connectivity index (χ0v) is 11.3. The van der Waals surface area contributed by atoms with E-state index in [-0.39, 0.29) is 6.54 Å². The molecule has 20 heavy (non-hydrogen) atoms. The van der Waals surface area contributed by atoms with Gasteiger partial charge in [-0.2, -0.15) is 0 Å². The summed E-state index contributed by atoms with van der Waals surface area (Å²) in [5, 5.41) is 12.1. The molecule has 1 heterocycles. The van der Waals surface area contributed by atoms with Crippen LogP contribution in [0.5, 0.6) is 0 Å². The van der Waals surface area contributed by atoms with E-state index in [1.807, 2.05) is 6.07 Å². The lowest BCUT2D eigenvalue weighted by Gasteiger charge is -2.04. The first-order valence-electron chi connectivity index (χ1n) is 6.61.